The fourth-order valence-corrected chi connectivity index (χ4v) is 6.34. The molecule has 1 aromatic heterocycles. The van der Waals surface area contributed by atoms with Gasteiger partial charge in [-0.15, -0.1) is 0 Å². The van der Waals surface area contributed by atoms with Gasteiger partial charge < -0.3 is 13.3 Å². The molecule has 0 amide bonds. The van der Waals surface area contributed by atoms with Crippen LogP contribution >= 0.6 is 0 Å². The summed E-state index contributed by atoms with van der Waals surface area (Å²) in [6.45, 7) is 3.69. The number of rotatable bonds is 3. The SMILES string of the molecule is C[C@]12C[C@H](c3ccoc3)OC(=O)[C@@H]1CC[C@@]1(C)C(OS(=O)(=O)C(F)(F)F)=CCC[C@H]21. The first kappa shape index (κ1) is 21.3. The topological polar surface area (TPSA) is 82.8 Å². The molecule has 166 valence electrons. The molecule has 0 aromatic carbocycles. The predicted molar refractivity (Wildman–Crippen MR) is 98.0 cm³/mol. The Kier molecular flexibility index (Phi) is 4.80. The van der Waals surface area contributed by atoms with Crippen molar-refractivity contribution in [3.63, 3.8) is 0 Å². The van der Waals surface area contributed by atoms with E-state index in [0.29, 0.717) is 32.1 Å². The van der Waals surface area contributed by atoms with E-state index in [9.17, 15) is 26.4 Å². The molecule has 0 spiro atoms. The number of alkyl halides is 3. The number of halogens is 3. The first-order chi connectivity index (χ1) is 13.9. The van der Waals surface area contributed by atoms with Crippen molar-refractivity contribution in [2.75, 3.05) is 0 Å². The standard InChI is InChI=1S/C20H23F3O6S/c1-18-8-6-13-17(24)28-14(12-7-9-27-11-12)10-19(13,2)15(18)4-3-5-16(18)29-30(25,26)20(21,22)23/h5,7,9,11,13-15H,3-4,6,8,10H2,1-2H3/t13-,14+,15-,18+,19-/m0/s1. The molecule has 5 atom stereocenters. The summed E-state index contributed by atoms with van der Waals surface area (Å²) in [5.74, 6) is -1.15. The summed E-state index contributed by atoms with van der Waals surface area (Å²) >= 11 is 0. The van der Waals surface area contributed by atoms with E-state index in [1.54, 1.807) is 13.0 Å². The Balaban J connectivity index is 1.69. The molecule has 0 unspecified atom stereocenters. The Bertz CT molecular complexity index is 967. The number of furan rings is 1. The van der Waals surface area contributed by atoms with Gasteiger partial charge in [0.1, 0.15) is 11.9 Å². The van der Waals surface area contributed by atoms with Crippen molar-refractivity contribution < 1.29 is 39.7 Å². The second-order valence-electron chi connectivity index (χ2n) is 8.88. The van der Waals surface area contributed by atoms with Crippen LogP contribution in [0.1, 0.15) is 57.6 Å². The van der Waals surface area contributed by atoms with Crippen molar-refractivity contribution in [1.82, 2.24) is 0 Å². The van der Waals surface area contributed by atoms with Gasteiger partial charge >= 0.3 is 21.6 Å². The summed E-state index contributed by atoms with van der Waals surface area (Å²) in [4.78, 5) is 12.8. The highest BCUT2D eigenvalue weighted by molar-refractivity contribution is 7.87. The van der Waals surface area contributed by atoms with Gasteiger partial charge in [0.25, 0.3) is 0 Å². The largest absolute Gasteiger partial charge is 0.534 e. The van der Waals surface area contributed by atoms with Gasteiger partial charge in [-0.25, -0.2) is 0 Å². The first-order valence-corrected chi connectivity index (χ1v) is 11.2. The van der Waals surface area contributed by atoms with E-state index in [1.165, 1.54) is 18.6 Å². The van der Waals surface area contributed by atoms with Gasteiger partial charge in [0, 0.05) is 11.0 Å². The van der Waals surface area contributed by atoms with Crippen molar-refractivity contribution >= 4 is 16.1 Å². The number of carbonyl (C=O) groups excluding carboxylic acids is 1. The maximum atomic E-state index is 12.9. The van der Waals surface area contributed by atoms with Crippen LogP contribution in [0.3, 0.4) is 0 Å². The second-order valence-corrected chi connectivity index (χ2v) is 10.4. The molecule has 2 fully saturated rings. The normalized spacial score (nSPS) is 36.9. The van der Waals surface area contributed by atoms with Crippen LogP contribution in [-0.2, 0) is 23.8 Å². The highest BCUT2D eigenvalue weighted by Crippen LogP contribution is 2.65. The average Bonchev–Trinajstić information content (AvgIpc) is 3.16. The maximum absolute atomic E-state index is 12.9. The second kappa shape index (κ2) is 6.77. The third kappa shape index (κ3) is 3.14. The van der Waals surface area contributed by atoms with E-state index in [0.717, 1.165) is 5.56 Å². The lowest BCUT2D eigenvalue weighted by Gasteiger charge is -2.59. The molecule has 1 aliphatic heterocycles. The van der Waals surface area contributed by atoms with Gasteiger partial charge in [-0.2, -0.15) is 21.6 Å². The fraction of sp³-hybridized carbons (Fsp3) is 0.650. The Morgan fingerprint density at radius 3 is 2.60 bits per heavy atom. The van der Waals surface area contributed by atoms with Crippen LogP contribution in [0, 0.1) is 22.7 Å². The highest BCUT2D eigenvalue weighted by atomic mass is 32.2. The van der Waals surface area contributed by atoms with Crippen molar-refractivity contribution in [2.24, 2.45) is 22.7 Å². The molecule has 30 heavy (non-hydrogen) atoms. The van der Waals surface area contributed by atoms with Crippen molar-refractivity contribution in [2.45, 2.75) is 57.6 Å². The molecule has 1 aromatic rings. The minimum atomic E-state index is -5.76. The lowest BCUT2D eigenvalue weighted by atomic mass is 9.47. The quantitative estimate of drug-likeness (QED) is 0.374. The molecule has 1 saturated heterocycles. The summed E-state index contributed by atoms with van der Waals surface area (Å²) in [6.07, 6.45) is 6.10. The smallest absolute Gasteiger partial charge is 0.472 e. The van der Waals surface area contributed by atoms with Crippen LogP contribution in [0.15, 0.2) is 34.8 Å². The van der Waals surface area contributed by atoms with E-state index in [4.69, 9.17) is 9.15 Å². The summed E-state index contributed by atoms with van der Waals surface area (Å²) < 4.78 is 77.6. The van der Waals surface area contributed by atoms with Crippen molar-refractivity contribution in [1.29, 1.82) is 0 Å². The van der Waals surface area contributed by atoms with Crippen LogP contribution in [-0.4, -0.2) is 19.9 Å². The molecular formula is C20H23F3O6S. The summed E-state index contributed by atoms with van der Waals surface area (Å²) in [5, 5.41) is 0. The summed E-state index contributed by atoms with van der Waals surface area (Å²) in [7, 11) is -5.76. The number of hydrogen-bond acceptors (Lipinski definition) is 6. The summed E-state index contributed by atoms with van der Waals surface area (Å²) in [5.41, 5.74) is -6.30. The summed E-state index contributed by atoms with van der Waals surface area (Å²) in [6, 6.07) is 1.72. The fourth-order valence-electron chi connectivity index (χ4n) is 5.75. The number of carbonyl (C=O) groups is 1. The van der Waals surface area contributed by atoms with Crippen LogP contribution in [0.25, 0.3) is 0 Å². The number of hydrogen-bond donors (Lipinski definition) is 0. The Labute approximate surface area is 172 Å². The van der Waals surface area contributed by atoms with Gasteiger partial charge in [0.15, 0.2) is 0 Å². The Morgan fingerprint density at radius 2 is 1.97 bits per heavy atom. The van der Waals surface area contributed by atoms with Gasteiger partial charge in [-0.3, -0.25) is 4.79 Å². The Morgan fingerprint density at radius 1 is 1.23 bits per heavy atom. The zero-order chi connectivity index (χ0) is 21.9. The zero-order valence-electron chi connectivity index (χ0n) is 16.6. The number of fused-ring (bicyclic) bond motifs is 3. The van der Waals surface area contributed by atoms with Crippen molar-refractivity contribution in [3.05, 3.63) is 36.0 Å². The average molecular weight is 448 g/mol. The zero-order valence-corrected chi connectivity index (χ0v) is 17.4. The highest BCUT2D eigenvalue weighted by Gasteiger charge is 2.62. The lowest BCUT2D eigenvalue weighted by molar-refractivity contribution is -0.192. The number of cyclic esters (lactones) is 1. The molecule has 0 N–H and O–H groups in total. The van der Waals surface area contributed by atoms with Crippen LogP contribution in [0.4, 0.5) is 13.2 Å². The molecule has 2 heterocycles. The predicted octanol–water partition coefficient (Wildman–Crippen LogP) is 4.85. The number of allylic oxidation sites excluding steroid dienone is 2. The molecule has 3 aliphatic rings. The van der Waals surface area contributed by atoms with E-state index < -0.39 is 38.5 Å². The van der Waals surface area contributed by atoms with Crippen molar-refractivity contribution in [3.8, 4) is 0 Å². The minimum Gasteiger partial charge on any atom is -0.472 e. The number of esters is 1. The van der Waals surface area contributed by atoms with E-state index in [2.05, 4.69) is 4.18 Å². The minimum absolute atomic E-state index is 0.172. The molecule has 2 aliphatic carbocycles. The molecular weight excluding hydrogens is 425 g/mol. The maximum Gasteiger partial charge on any atom is 0.534 e. The van der Waals surface area contributed by atoms with Gasteiger partial charge in [0.2, 0.25) is 0 Å². The lowest BCUT2D eigenvalue weighted by Crippen LogP contribution is -2.56. The van der Waals surface area contributed by atoms with Gasteiger partial charge in [-0.05, 0) is 55.6 Å². The van der Waals surface area contributed by atoms with E-state index in [-0.39, 0.29) is 17.6 Å². The van der Waals surface area contributed by atoms with Crippen LogP contribution in [0.5, 0.6) is 0 Å². The molecule has 0 bridgehead atoms. The van der Waals surface area contributed by atoms with Gasteiger partial charge in [0.05, 0.1) is 18.4 Å². The van der Waals surface area contributed by atoms with Crippen LogP contribution in [0.2, 0.25) is 0 Å². The third-order valence-corrected chi connectivity index (χ3v) is 8.19. The molecule has 10 heteroatoms. The first-order valence-electron chi connectivity index (χ1n) is 9.82. The van der Waals surface area contributed by atoms with Crippen LogP contribution < -0.4 is 0 Å². The third-order valence-electron chi connectivity index (χ3n) is 7.23. The van der Waals surface area contributed by atoms with Gasteiger partial charge in [-0.1, -0.05) is 13.8 Å². The molecule has 6 nitrogen and oxygen atoms in total. The van der Waals surface area contributed by atoms with E-state index in [1.807, 2.05) is 6.92 Å². The molecule has 1 saturated carbocycles. The molecule has 4 rings (SSSR count). The number of ether oxygens (including phenoxy) is 1. The monoisotopic (exact) mass is 448 g/mol. The molecule has 0 radical (unpaired) electrons. The van der Waals surface area contributed by atoms with E-state index >= 15 is 0 Å². The Hall–Kier alpha value is -1.97.